The van der Waals surface area contributed by atoms with Crippen molar-refractivity contribution in [2.45, 2.75) is 96.1 Å². The molecule has 10 nitrogen and oxygen atoms in total. The number of alkyl halides is 5. The predicted octanol–water partition coefficient (Wildman–Crippen LogP) is 7.22. The Bertz CT molecular complexity index is 1500. The van der Waals surface area contributed by atoms with Crippen LogP contribution in [-0.2, 0) is 25.0 Å². The Kier molecular flexibility index (Phi) is 15.8. The SMILES string of the molecule is COc1ccc(C(NC(=O)[C@H](CCCCNC(=O)OC(C)(C)C)NC(=O)C(F)(F)c2ccc(Cl)c(Cl)c2)C(=O)N[C@H](CC(F)(F)F)C(C)C)cc1. The molecule has 0 heterocycles. The summed E-state index contributed by atoms with van der Waals surface area (Å²) in [5.41, 5.74) is -1.44. The van der Waals surface area contributed by atoms with Crippen LogP contribution in [0.3, 0.4) is 0 Å². The van der Waals surface area contributed by atoms with E-state index in [4.69, 9.17) is 32.7 Å². The molecule has 284 valence electrons. The Labute approximate surface area is 303 Å². The van der Waals surface area contributed by atoms with E-state index in [0.717, 1.165) is 18.2 Å². The number of halogens is 7. The molecule has 0 radical (unpaired) electrons. The Morgan fingerprint density at radius 2 is 1.45 bits per heavy atom. The molecule has 0 saturated heterocycles. The van der Waals surface area contributed by atoms with Gasteiger partial charge in [-0.25, -0.2) is 4.79 Å². The van der Waals surface area contributed by atoms with Crippen molar-refractivity contribution >= 4 is 47.0 Å². The van der Waals surface area contributed by atoms with Gasteiger partial charge in [0, 0.05) is 18.2 Å². The van der Waals surface area contributed by atoms with E-state index < -0.39 is 77.5 Å². The van der Waals surface area contributed by atoms with Gasteiger partial charge in [-0.15, -0.1) is 0 Å². The van der Waals surface area contributed by atoms with Gasteiger partial charge in [0.2, 0.25) is 11.8 Å². The lowest BCUT2D eigenvalue weighted by molar-refractivity contribution is -0.149. The quantitative estimate of drug-likeness (QED) is 0.105. The highest BCUT2D eigenvalue weighted by Crippen LogP contribution is 2.33. The van der Waals surface area contributed by atoms with Gasteiger partial charge in [0.25, 0.3) is 5.91 Å². The number of carbonyl (C=O) groups is 4. The molecular weight excluding hydrogens is 726 g/mol. The van der Waals surface area contributed by atoms with Crippen LogP contribution in [0.15, 0.2) is 42.5 Å². The average molecular weight is 770 g/mol. The van der Waals surface area contributed by atoms with E-state index in [1.165, 1.54) is 45.2 Å². The first-order chi connectivity index (χ1) is 23.5. The fourth-order valence-corrected chi connectivity index (χ4v) is 4.92. The molecule has 4 amide bonds. The molecule has 0 aliphatic carbocycles. The van der Waals surface area contributed by atoms with E-state index in [-0.39, 0.29) is 41.4 Å². The average Bonchev–Trinajstić information content (AvgIpc) is 3.02. The van der Waals surface area contributed by atoms with E-state index in [9.17, 15) is 32.3 Å². The van der Waals surface area contributed by atoms with Crippen LogP contribution in [0.5, 0.6) is 5.75 Å². The minimum atomic E-state index is -4.62. The van der Waals surface area contributed by atoms with Gasteiger partial charge < -0.3 is 30.7 Å². The number of ether oxygens (including phenoxy) is 2. The zero-order valence-corrected chi connectivity index (χ0v) is 30.5. The summed E-state index contributed by atoms with van der Waals surface area (Å²) in [6.45, 7) is 8.05. The first-order valence-electron chi connectivity index (χ1n) is 16.0. The van der Waals surface area contributed by atoms with Crippen molar-refractivity contribution in [3.63, 3.8) is 0 Å². The number of rotatable bonds is 16. The normalized spacial score (nSPS) is 13.8. The van der Waals surface area contributed by atoms with Crippen molar-refractivity contribution in [3.05, 3.63) is 63.6 Å². The number of hydrogen-bond acceptors (Lipinski definition) is 6. The highest BCUT2D eigenvalue weighted by molar-refractivity contribution is 6.42. The molecule has 0 aliphatic rings. The second kappa shape index (κ2) is 18.6. The van der Waals surface area contributed by atoms with Gasteiger partial charge in [-0.2, -0.15) is 22.0 Å². The van der Waals surface area contributed by atoms with Gasteiger partial charge in [0.1, 0.15) is 23.4 Å². The summed E-state index contributed by atoms with van der Waals surface area (Å²) in [5.74, 6) is -8.45. The van der Waals surface area contributed by atoms with E-state index in [1.54, 1.807) is 20.8 Å². The fourth-order valence-electron chi connectivity index (χ4n) is 4.63. The number of methoxy groups -OCH3 is 1. The van der Waals surface area contributed by atoms with Crippen molar-refractivity contribution in [2.75, 3.05) is 13.7 Å². The minimum absolute atomic E-state index is 0.0355. The number of hydrogen-bond donors (Lipinski definition) is 4. The van der Waals surface area contributed by atoms with Crippen LogP contribution in [-0.4, -0.2) is 61.3 Å². The molecule has 0 bridgehead atoms. The molecule has 0 aromatic heterocycles. The summed E-state index contributed by atoms with van der Waals surface area (Å²) in [5, 5.41) is 9.03. The van der Waals surface area contributed by atoms with Crippen LogP contribution in [0, 0.1) is 5.92 Å². The first kappa shape index (κ1) is 43.3. The van der Waals surface area contributed by atoms with Crippen molar-refractivity contribution in [2.24, 2.45) is 5.92 Å². The van der Waals surface area contributed by atoms with Crippen LogP contribution in [0.25, 0.3) is 0 Å². The number of carbonyl (C=O) groups excluding carboxylic acids is 4. The molecule has 0 aliphatic heterocycles. The smallest absolute Gasteiger partial charge is 0.407 e. The second-order valence-corrected chi connectivity index (χ2v) is 13.9. The van der Waals surface area contributed by atoms with Crippen LogP contribution in [0.4, 0.5) is 26.7 Å². The number of amides is 4. The molecule has 4 N–H and O–H groups in total. The van der Waals surface area contributed by atoms with Crippen LogP contribution in [0.2, 0.25) is 10.0 Å². The molecule has 0 spiro atoms. The van der Waals surface area contributed by atoms with Crippen LogP contribution in [0.1, 0.15) is 77.5 Å². The summed E-state index contributed by atoms with van der Waals surface area (Å²) >= 11 is 11.7. The van der Waals surface area contributed by atoms with E-state index in [2.05, 4.69) is 16.0 Å². The maximum atomic E-state index is 15.4. The summed E-state index contributed by atoms with van der Waals surface area (Å²) in [4.78, 5) is 52.3. The lowest BCUT2D eigenvalue weighted by Crippen LogP contribution is -2.54. The summed E-state index contributed by atoms with van der Waals surface area (Å²) in [6.07, 6.45) is -6.59. The van der Waals surface area contributed by atoms with Gasteiger partial charge in [-0.05, 0) is 75.8 Å². The van der Waals surface area contributed by atoms with Crippen LogP contribution < -0.4 is 26.0 Å². The van der Waals surface area contributed by atoms with Gasteiger partial charge in [-0.3, -0.25) is 14.4 Å². The van der Waals surface area contributed by atoms with E-state index in [0.29, 0.717) is 5.75 Å². The molecule has 2 aromatic carbocycles. The summed E-state index contributed by atoms with van der Waals surface area (Å²) < 4.78 is 81.0. The highest BCUT2D eigenvalue weighted by atomic mass is 35.5. The number of benzene rings is 2. The standard InChI is InChI=1S/C34H43Cl2F5N4O6/c1-19(2)26(18-33(37,38)39)43-29(47)27(20-10-13-22(50-6)14-11-20)45-28(46)25(9-7-8-16-42-31(49)51-32(3,4)5)44-30(48)34(40,41)21-12-15-23(35)24(36)17-21/h10-15,17,19,25-27H,7-9,16,18H2,1-6H3,(H,42,49)(H,43,47)(H,44,48)(H,45,46)/t25-,26+,27?/m0/s1. The van der Waals surface area contributed by atoms with Crippen LogP contribution >= 0.6 is 23.2 Å². The summed E-state index contributed by atoms with van der Waals surface area (Å²) in [6, 6.07) is 3.81. The van der Waals surface area contributed by atoms with E-state index >= 15 is 8.78 Å². The lowest BCUT2D eigenvalue weighted by atomic mass is 9.98. The molecule has 1 unspecified atom stereocenters. The van der Waals surface area contributed by atoms with Crippen molar-refractivity contribution in [3.8, 4) is 5.75 Å². The van der Waals surface area contributed by atoms with E-state index in [1.807, 2.05) is 5.32 Å². The minimum Gasteiger partial charge on any atom is -0.497 e. The molecule has 2 rings (SSSR count). The third kappa shape index (κ3) is 14.4. The van der Waals surface area contributed by atoms with Gasteiger partial charge in [0.15, 0.2) is 0 Å². The predicted molar refractivity (Wildman–Crippen MR) is 182 cm³/mol. The van der Waals surface area contributed by atoms with Crippen molar-refractivity contribution in [1.82, 2.24) is 21.3 Å². The Hall–Kier alpha value is -3.85. The molecule has 51 heavy (non-hydrogen) atoms. The summed E-state index contributed by atoms with van der Waals surface area (Å²) in [7, 11) is 1.38. The maximum Gasteiger partial charge on any atom is 0.407 e. The number of nitrogens with one attached hydrogen (secondary N) is 4. The van der Waals surface area contributed by atoms with Crippen molar-refractivity contribution < 1.29 is 50.6 Å². The highest BCUT2D eigenvalue weighted by Gasteiger charge is 2.43. The lowest BCUT2D eigenvalue weighted by Gasteiger charge is -2.28. The zero-order chi connectivity index (χ0) is 38.7. The topological polar surface area (TPSA) is 135 Å². The number of unbranched alkanes of at least 4 members (excludes halogenated alkanes) is 1. The monoisotopic (exact) mass is 768 g/mol. The molecule has 17 heteroatoms. The molecule has 0 saturated carbocycles. The fraction of sp³-hybridized carbons (Fsp3) is 0.529. The Balaban J connectivity index is 2.39. The zero-order valence-electron chi connectivity index (χ0n) is 29.0. The third-order valence-corrected chi connectivity index (χ3v) is 8.10. The van der Waals surface area contributed by atoms with Gasteiger partial charge in [-0.1, -0.05) is 55.2 Å². The largest absolute Gasteiger partial charge is 0.497 e. The first-order valence-corrected chi connectivity index (χ1v) is 16.7. The maximum absolute atomic E-state index is 15.4. The van der Waals surface area contributed by atoms with Crippen molar-refractivity contribution in [1.29, 1.82) is 0 Å². The molecular formula is C34H43Cl2F5N4O6. The van der Waals surface area contributed by atoms with Gasteiger partial charge in [0.05, 0.1) is 23.6 Å². The molecule has 3 atom stereocenters. The Morgan fingerprint density at radius 3 is 1.98 bits per heavy atom. The second-order valence-electron chi connectivity index (χ2n) is 13.0. The number of alkyl carbamates (subject to hydrolysis) is 1. The Morgan fingerprint density at radius 1 is 0.824 bits per heavy atom. The molecule has 2 aromatic rings. The molecule has 0 fully saturated rings. The third-order valence-electron chi connectivity index (χ3n) is 7.36. The van der Waals surface area contributed by atoms with Gasteiger partial charge >= 0.3 is 18.2 Å².